The van der Waals surface area contributed by atoms with Gasteiger partial charge in [-0.05, 0) is 32.1 Å². The third-order valence-corrected chi connectivity index (χ3v) is 5.38. The summed E-state index contributed by atoms with van der Waals surface area (Å²) in [5.41, 5.74) is 0. The molecule has 2 saturated heterocycles. The van der Waals surface area contributed by atoms with Crippen LogP contribution < -0.4 is 16.0 Å². The first kappa shape index (κ1) is 17.0. The van der Waals surface area contributed by atoms with Crippen LogP contribution in [0, 0.1) is 0 Å². The van der Waals surface area contributed by atoms with Crippen LogP contribution in [0.1, 0.15) is 57.8 Å². The molecule has 3 rings (SSSR count). The van der Waals surface area contributed by atoms with Gasteiger partial charge in [-0.25, -0.2) is 4.79 Å². The molecule has 0 aromatic heterocycles. The predicted molar refractivity (Wildman–Crippen MR) is 89.3 cm³/mol. The van der Waals surface area contributed by atoms with Gasteiger partial charge in [0.05, 0.1) is 0 Å². The molecule has 24 heavy (non-hydrogen) atoms. The van der Waals surface area contributed by atoms with Crippen molar-refractivity contribution >= 4 is 17.8 Å². The molecule has 4 amide bonds. The molecule has 0 bridgehead atoms. The summed E-state index contributed by atoms with van der Waals surface area (Å²) in [6.45, 7) is 1.28. The normalized spacial score (nSPS) is 26.1. The lowest BCUT2D eigenvalue weighted by Gasteiger charge is -2.34. The van der Waals surface area contributed by atoms with E-state index in [2.05, 4.69) is 16.0 Å². The van der Waals surface area contributed by atoms with E-state index in [4.69, 9.17) is 0 Å². The first-order valence-corrected chi connectivity index (χ1v) is 9.27. The lowest BCUT2D eigenvalue weighted by molar-refractivity contribution is -0.135. The van der Waals surface area contributed by atoms with Crippen LogP contribution in [-0.4, -0.2) is 54.0 Å². The zero-order valence-corrected chi connectivity index (χ0v) is 14.2. The highest BCUT2D eigenvalue weighted by Gasteiger charge is 2.33. The van der Waals surface area contributed by atoms with Crippen LogP contribution in [0.2, 0.25) is 0 Å². The van der Waals surface area contributed by atoms with E-state index < -0.39 is 0 Å². The molecule has 7 heteroatoms. The van der Waals surface area contributed by atoms with Crippen LogP contribution in [0.15, 0.2) is 0 Å². The molecule has 2 heterocycles. The summed E-state index contributed by atoms with van der Waals surface area (Å²) in [4.78, 5) is 37.5. The number of urea groups is 1. The van der Waals surface area contributed by atoms with Gasteiger partial charge in [0.1, 0.15) is 6.04 Å². The van der Waals surface area contributed by atoms with Gasteiger partial charge in [-0.3, -0.25) is 9.59 Å². The van der Waals surface area contributed by atoms with Crippen molar-refractivity contribution in [3.05, 3.63) is 0 Å². The van der Waals surface area contributed by atoms with Gasteiger partial charge in [0.25, 0.3) is 0 Å². The van der Waals surface area contributed by atoms with Crippen LogP contribution in [0.25, 0.3) is 0 Å². The Morgan fingerprint density at radius 1 is 0.917 bits per heavy atom. The molecule has 1 aliphatic carbocycles. The first-order valence-electron chi connectivity index (χ1n) is 9.27. The highest BCUT2D eigenvalue weighted by molar-refractivity contribution is 5.90. The van der Waals surface area contributed by atoms with Gasteiger partial charge in [0, 0.05) is 31.6 Å². The number of carbonyl (C=O) groups is 3. The lowest BCUT2D eigenvalue weighted by Crippen LogP contribution is -2.53. The van der Waals surface area contributed by atoms with E-state index in [1.165, 1.54) is 19.3 Å². The van der Waals surface area contributed by atoms with Gasteiger partial charge in [-0.2, -0.15) is 0 Å². The van der Waals surface area contributed by atoms with Gasteiger partial charge in [-0.1, -0.05) is 19.3 Å². The second kappa shape index (κ2) is 7.85. The molecular weight excluding hydrogens is 308 g/mol. The minimum atomic E-state index is -0.350. The summed E-state index contributed by atoms with van der Waals surface area (Å²) in [5, 5.41) is 8.85. The van der Waals surface area contributed by atoms with Crippen LogP contribution in [0.5, 0.6) is 0 Å². The highest BCUT2D eigenvalue weighted by Crippen LogP contribution is 2.18. The number of likely N-dealkylation sites (tertiary alicyclic amines) is 1. The minimum absolute atomic E-state index is 0.0194. The van der Waals surface area contributed by atoms with E-state index in [0.29, 0.717) is 32.0 Å². The van der Waals surface area contributed by atoms with Crippen molar-refractivity contribution in [1.29, 1.82) is 0 Å². The molecule has 0 spiro atoms. The zero-order chi connectivity index (χ0) is 16.9. The van der Waals surface area contributed by atoms with E-state index in [9.17, 15) is 14.4 Å². The SMILES string of the molecule is O=C1CCC(C(=O)N2CCC(NC(=O)NC3CCCCC3)CC2)N1. The number of hydrogen-bond donors (Lipinski definition) is 3. The maximum absolute atomic E-state index is 12.3. The molecule has 3 N–H and O–H groups in total. The van der Waals surface area contributed by atoms with Crippen molar-refractivity contribution in [1.82, 2.24) is 20.9 Å². The fourth-order valence-electron chi connectivity index (χ4n) is 3.92. The van der Waals surface area contributed by atoms with Gasteiger partial charge in [-0.15, -0.1) is 0 Å². The molecule has 1 unspecified atom stereocenters. The van der Waals surface area contributed by atoms with Crippen molar-refractivity contribution in [2.24, 2.45) is 0 Å². The summed E-state index contributed by atoms with van der Waals surface area (Å²) in [7, 11) is 0. The van der Waals surface area contributed by atoms with Crippen LogP contribution in [-0.2, 0) is 9.59 Å². The van der Waals surface area contributed by atoms with E-state index in [-0.39, 0.29) is 29.9 Å². The maximum atomic E-state index is 12.3. The first-order chi connectivity index (χ1) is 11.6. The number of carbonyl (C=O) groups excluding carboxylic acids is 3. The fourth-order valence-corrected chi connectivity index (χ4v) is 3.92. The molecule has 1 atom stereocenters. The van der Waals surface area contributed by atoms with E-state index in [0.717, 1.165) is 25.7 Å². The number of nitrogens with zero attached hydrogens (tertiary/aromatic N) is 1. The zero-order valence-electron chi connectivity index (χ0n) is 14.2. The number of rotatable bonds is 3. The fraction of sp³-hybridized carbons (Fsp3) is 0.824. The molecule has 0 aromatic rings. The summed E-state index contributed by atoms with van der Waals surface area (Å²) >= 11 is 0. The molecule has 0 aromatic carbocycles. The van der Waals surface area contributed by atoms with Gasteiger partial charge < -0.3 is 20.9 Å². The third-order valence-electron chi connectivity index (χ3n) is 5.38. The summed E-state index contributed by atoms with van der Waals surface area (Å²) in [6, 6.07) is 0.00791. The molecule has 3 aliphatic rings. The molecule has 3 fully saturated rings. The Kier molecular flexibility index (Phi) is 5.58. The van der Waals surface area contributed by atoms with Gasteiger partial charge in [0.2, 0.25) is 11.8 Å². The Morgan fingerprint density at radius 3 is 2.12 bits per heavy atom. The number of amides is 4. The Morgan fingerprint density at radius 2 is 1.54 bits per heavy atom. The summed E-state index contributed by atoms with van der Waals surface area (Å²) in [5.74, 6) is -0.0183. The topological polar surface area (TPSA) is 90.5 Å². The maximum Gasteiger partial charge on any atom is 0.315 e. The Bertz CT molecular complexity index is 482. The molecule has 134 valence electrons. The van der Waals surface area contributed by atoms with Crippen molar-refractivity contribution < 1.29 is 14.4 Å². The quantitative estimate of drug-likeness (QED) is 0.715. The largest absolute Gasteiger partial charge is 0.344 e. The molecule has 0 radical (unpaired) electrons. The number of nitrogens with one attached hydrogen (secondary N) is 3. The van der Waals surface area contributed by atoms with E-state index >= 15 is 0 Å². The van der Waals surface area contributed by atoms with Crippen LogP contribution in [0.3, 0.4) is 0 Å². The Labute approximate surface area is 142 Å². The molecular formula is C17H28N4O3. The van der Waals surface area contributed by atoms with Crippen LogP contribution >= 0.6 is 0 Å². The molecule has 1 saturated carbocycles. The number of hydrogen-bond acceptors (Lipinski definition) is 3. The predicted octanol–water partition coefficient (Wildman–Crippen LogP) is 0.888. The van der Waals surface area contributed by atoms with Gasteiger partial charge in [0.15, 0.2) is 0 Å². The van der Waals surface area contributed by atoms with Crippen LogP contribution in [0.4, 0.5) is 4.79 Å². The lowest BCUT2D eigenvalue weighted by atomic mass is 9.96. The van der Waals surface area contributed by atoms with E-state index in [1.54, 1.807) is 0 Å². The molecule has 7 nitrogen and oxygen atoms in total. The number of piperidine rings is 1. The third kappa shape index (κ3) is 4.39. The molecule has 2 aliphatic heterocycles. The Balaban J connectivity index is 1.37. The second-order valence-electron chi connectivity index (χ2n) is 7.21. The Hall–Kier alpha value is -1.79. The van der Waals surface area contributed by atoms with Gasteiger partial charge >= 0.3 is 6.03 Å². The van der Waals surface area contributed by atoms with E-state index in [1.807, 2.05) is 4.90 Å². The standard InChI is InChI=1S/C17H28N4O3/c22-15-7-6-14(20-15)16(23)21-10-8-13(9-11-21)19-17(24)18-12-4-2-1-3-5-12/h12-14H,1-11H2,(H,20,22)(H2,18,19,24). The monoisotopic (exact) mass is 336 g/mol. The smallest absolute Gasteiger partial charge is 0.315 e. The van der Waals surface area contributed by atoms with Crippen molar-refractivity contribution in [2.45, 2.75) is 75.9 Å². The van der Waals surface area contributed by atoms with Crippen molar-refractivity contribution in [2.75, 3.05) is 13.1 Å². The van der Waals surface area contributed by atoms with Crippen molar-refractivity contribution in [3.8, 4) is 0 Å². The minimum Gasteiger partial charge on any atom is -0.344 e. The van der Waals surface area contributed by atoms with Crippen molar-refractivity contribution in [3.63, 3.8) is 0 Å². The highest BCUT2D eigenvalue weighted by atomic mass is 16.2. The average Bonchev–Trinajstić information content (AvgIpc) is 3.02. The second-order valence-corrected chi connectivity index (χ2v) is 7.21. The summed E-state index contributed by atoms with van der Waals surface area (Å²) < 4.78 is 0. The average molecular weight is 336 g/mol. The summed E-state index contributed by atoms with van der Waals surface area (Å²) in [6.07, 6.45) is 8.39.